The average Bonchev–Trinajstić information content (AvgIpc) is 2.25. The Balaban J connectivity index is 2.66. The third-order valence-corrected chi connectivity index (χ3v) is 3.66. The maximum Gasteiger partial charge on any atom is 0.306 e. The van der Waals surface area contributed by atoms with E-state index >= 15 is 0 Å². The fourth-order valence-electron chi connectivity index (χ4n) is 2.84. The molecule has 0 radical (unpaired) electrons. The summed E-state index contributed by atoms with van der Waals surface area (Å²) in [6.45, 7) is 5.67. The highest BCUT2D eigenvalue weighted by Crippen LogP contribution is 2.33. The van der Waals surface area contributed by atoms with Crippen molar-refractivity contribution in [2.24, 2.45) is 17.8 Å². The average molecular weight is 241 g/mol. The monoisotopic (exact) mass is 241 g/mol. The van der Waals surface area contributed by atoms with Gasteiger partial charge in [-0.15, -0.1) is 0 Å². The summed E-state index contributed by atoms with van der Waals surface area (Å²) in [5, 5.41) is 12.0. The molecule has 0 aliphatic heterocycles. The molecule has 1 aliphatic carbocycles. The summed E-state index contributed by atoms with van der Waals surface area (Å²) in [5.41, 5.74) is 0. The summed E-state index contributed by atoms with van der Waals surface area (Å²) in [4.78, 5) is 22.2. The van der Waals surface area contributed by atoms with Crippen LogP contribution in [0.1, 0.15) is 46.5 Å². The van der Waals surface area contributed by atoms with Crippen LogP contribution >= 0.6 is 0 Å². The molecule has 0 saturated heterocycles. The van der Waals surface area contributed by atoms with Gasteiger partial charge in [0.25, 0.3) is 0 Å². The second-order valence-electron chi connectivity index (χ2n) is 5.43. The maximum atomic E-state index is 11.2. The molecule has 0 bridgehead atoms. The quantitative estimate of drug-likeness (QED) is 0.791. The molecule has 2 N–H and O–H groups in total. The molecule has 0 aromatic heterocycles. The lowest BCUT2D eigenvalue weighted by atomic mass is 9.75. The first-order chi connectivity index (χ1) is 7.91. The predicted octanol–water partition coefficient (Wildman–Crippen LogP) is 2.04. The Hall–Kier alpha value is -1.06. The van der Waals surface area contributed by atoms with Gasteiger partial charge in [0.15, 0.2) is 0 Å². The van der Waals surface area contributed by atoms with Crippen molar-refractivity contribution in [3.05, 3.63) is 0 Å². The molecule has 4 heteroatoms. The van der Waals surface area contributed by atoms with Gasteiger partial charge in [-0.05, 0) is 31.1 Å². The van der Waals surface area contributed by atoms with E-state index in [2.05, 4.69) is 19.2 Å². The van der Waals surface area contributed by atoms with Gasteiger partial charge < -0.3 is 10.4 Å². The molecule has 0 aromatic carbocycles. The van der Waals surface area contributed by atoms with Gasteiger partial charge in [0.1, 0.15) is 0 Å². The van der Waals surface area contributed by atoms with Crippen molar-refractivity contribution in [1.29, 1.82) is 0 Å². The summed E-state index contributed by atoms with van der Waals surface area (Å²) in [5.74, 6) is -0.310. The number of aliphatic carboxylic acids is 1. The highest BCUT2D eigenvalue weighted by Gasteiger charge is 2.33. The van der Waals surface area contributed by atoms with Gasteiger partial charge in [0.05, 0.1) is 5.92 Å². The topological polar surface area (TPSA) is 66.4 Å². The Kier molecular flexibility index (Phi) is 4.97. The minimum atomic E-state index is -0.694. The third-order valence-electron chi connectivity index (χ3n) is 3.66. The van der Waals surface area contributed by atoms with Gasteiger partial charge in [0.2, 0.25) is 5.91 Å². The van der Waals surface area contributed by atoms with E-state index < -0.39 is 5.97 Å². The molecule has 1 rings (SSSR count). The van der Waals surface area contributed by atoms with E-state index in [1.165, 1.54) is 6.92 Å². The van der Waals surface area contributed by atoms with Crippen LogP contribution in [-0.2, 0) is 9.59 Å². The Morgan fingerprint density at radius 1 is 1.29 bits per heavy atom. The van der Waals surface area contributed by atoms with Crippen LogP contribution in [0.5, 0.6) is 0 Å². The van der Waals surface area contributed by atoms with Gasteiger partial charge in [-0.25, -0.2) is 0 Å². The lowest BCUT2D eigenvalue weighted by Gasteiger charge is -2.35. The summed E-state index contributed by atoms with van der Waals surface area (Å²) < 4.78 is 0. The number of nitrogens with one attached hydrogen (secondary N) is 1. The molecule has 1 aliphatic rings. The van der Waals surface area contributed by atoms with Crippen molar-refractivity contribution in [3.63, 3.8) is 0 Å². The predicted molar refractivity (Wildman–Crippen MR) is 65.5 cm³/mol. The van der Waals surface area contributed by atoms with Crippen LogP contribution < -0.4 is 5.32 Å². The van der Waals surface area contributed by atoms with Crippen LogP contribution in [-0.4, -0.2) is 23.0 Å². The lowest BCUT2D eigenvalue weighted by molar-refractivity contribution is -0.143. The first kappa shape index (κ1) is 14.0. The highest BCUT2D eigenvalue weighted by atomic mass is 16.4. The van der Waals surface area contributed by atoms with Crippen molar-refractivity contribution in [2.75, 3.05) is 0 Å². The number of amides is 1. The van der Waals surface area contributed by atoms with E-state index in [-0.39, 0.29) is 17.9 Å². The summed E-state index contributed by atoms with van der Waals surface area (Å²) >= 11 is 0. The maximum absolute atomic E-state index is 11.2. The molecule has 4 nitrogen and oxygen atoms in total. The highest BCUT2D eigenvalue weighted by molar-refractivity contribution is 5.73. The number of carbonyl (C=O) groups excluding carboxylic acids is 1. The zero-order chi connectivity index (χ0) is 13.0. The van der Waals surface area contributed by atoms with Gasteiger partial charge in [-0.3, -0.25) is 9.59 Å². The summed E-state index contributed by atoms with van der Waals surface area (Å²) in [7, 11) is 0. The molecule has 98 valence electrons. The normalized spacial score (nSPS) is 26.6. The number of rotatable bonds is 4. The smallest absolute Gasteiger partial charge is 0.306 e. The van der Waals surface area contributed by atoms with E-state index in [1.54, 1.807) is 0 Å². The van der Waals surface area contributed by atoms with Crippen LogP contribution in [0.2, 0.25) is 0 Å². The Morgan fingerprint density at radius 2 is 1.94 bits per heavy atom. The van der Waals surface area contributed by atoms with E-state index in [4.69, 9.17) is 5.11 Å². The molecule has 3 atom stereocenters. The van der Waals surface area contributed by atoms with E-state index in [0.717, 1.165) is 19.3 Å². The van der Waals surface area contributed by atoms with E-state index in [9.17, 15) is 9.59 Å². The number of hydrogen-bond acceptors (Lipinski definition) is 2. The van der Waals surface area contributed by atoms with Crippen molar-refractivity contribution in [2.45, 2.75) is 52.5 Å². The van der Waals surface area contributed by atoms with Gasteiger partial charge in [0, 0.05) is 13.0 Å². The van der Waals surface area contributed by atoms with Crippen LogP contribution in [0, 0.1) is 17.8 Å². The second-order valence-corrected chi connectivity index (χ2v) is 5.43. The molecular weight excluding hydrogens is 218 g/mol. The molecule has 0 aromatic rings. The van der Waals surface area contributed by atoms with Gasteiger partial charge in [-0.1, -0.05) is 20.3 Å². The minimum absolute atomic E-state index is 0.0267. The number of carboxylic acids is 1. The van der Waals surface area contributed by atoms with Gasteiger partial charge in [-0.2, -0.15) is 0 Å². The SMILES string of the molecule is CC(=O)N[C@@H](C(C)C)[C@H]1CCC[C@@H](C(=O)O)C1. The summed E-state index contributed by atoms with van der Waals surface area (Å²) in [6.07, 6.45) is 3.44. The zero-order valence-corrected chi connectivity index (χ0v) is 10.9. The van der Waals surface area contributed by atoms with Crippen LogP contribution in [0.15, 0.2) is 0 Å². The molecule has 0 unspecified atom stereocenters. The number of carbonyl (C=O) groups is 2. The standard InChI is InChI=1S/C13H23NO3/c1-8(2)12(14-9(3)15)10-5-4-6-11(7-10)13(16)17/h8,10-12H,4-7H2,1-3H3,(H,14,15)(H,16,17)/t10-,11+,12-/m0/s1. The molecule has 1 fully saturated rings. The molecule has 0 spiro atoms. The van der Waals surface area contributed by atoms with Crippen LogP contribution in [0.25, 0.3) is 0 Å². The number of hydrogen-bond donors (Lipinski definition) is 2. The fraction of sp³-hybridized carbons (Fsp3) is 0.846. The first-order valence-electron chi connectivity index (χ1n) is 6.41. The lowest BCUT2D eigenvalue weighted by Crippen LogP contribution is -2.45. The van der Waals surface area contributed by atoms with Gasteiger partial charge >= 0.3 is 5.97 Å². The van der Waals surface area contributed by atoms with E-state index in [1.807, 2.05) is 0 Å². The fourth-order valence-corrected chi connectivity index (χ4v) is 2.84. The molecule has 0 heterocycles. The Morgan fingerprint density at radius 3 is 2.41 bits per heavy atom. The van der Waals surface area contributed by atoms with Crippen LogP contribution in [0.3, 0.4) is 0 Å². The third kappa shape index (κ3) is 4.02. The minimum Gasteiger partial charge on any atom is -0.481 e. The molecular formula is C13H23NO3. The number of carboxylic acid groups (broad SMARTS) is 1. The van der Waals surface area contributed by atoms with Crippen molar-refractivity contribution in [3.8, 4) is 0 Å². The first-order valence-corrected chi connectivity index (χ1v) is 6.41. The molecule has 17 heavy (non-hydrogen) atoms. The summed E-state index contributed by atoms with van der Waals surface area (Å²) in [6, 6.07) is 0.106. The van der Waals surface area contributed by atoms with Crippen molar-refractivity contribution < 1.29 is 14.7 Å². The Bertz CT molecular complexity index is 288. The van der Waals surface area contributed by atoms with Crippen LogP contribution in [0.4, 0.5) is 0 Å². The molecule has 1 saturated carbocycles. The van der Waals surface area contributed by atoms with Crippen molar-refractivity contribution >= 4 is 11.9 Å². The Labute approximate surface area is 103 Å². The zero-order valence-electron chi connectivity index (χ0n) is 10.9. The largest absolute Gasteiger partial charge is 0.481 e. The second kappa shape index (κ2) is 6.03. The van der Waals surface area contributed by atoms with E-state index in [0.29, 0.717) is 18.3 Å². The molecule has 1 amide bonds. The van der Waals surface area contributed by atoms with Crippen molar-refractivity contribution in [1.82, 2.24) is 5.32 Å².